The number of fused-ring (bicyclic) bond motifs is 6. The van der Waals surface area contributed by atoms with Crippen LogP contribution in [0, 0.1) is 18.7 Å². The highest BCUT2D eigenvalue weighted by Crippen LogP contribution is 2.59. The van der Waals surface area contributed by atoms with E-state index in [2.05, 4.69) is 11.4 Å². The number of benzene rings is 4. The van der Waals surface area contributed by atoms with Crippen molar-refractivity contribution in [2.45, 2.75) is 31.3 Å². The first kappa shape index (κ1) is 26.8. The number of aryl methyl sites for hydroxylation is 1. The standard InChI is InChI=1S/C36H29FN2O4/c1-20-11-16-29-26(17-20)21(2)18-30-36(27-9-4-5-10-28(27)38-35(36)42)31(33(40)22-12-14-24(37)15-13-22)32(39(29)30)34(41)23-7-6-8-25(19-23)43-3/h4-19,30-32H,1-3H3,(H,38,42)/t30-,31+,32-,36-/m0/s1. The topological polar surface area (TPSA) is 75.7 Å². The summed E-state index contributed by atoms with van der Waals surface area (Å²) in [5.74, 6) is -2.16. The summed E-state index contributed by atoms with van der Waals surface area (Å²) >= 11 is 0. The Morgan fingerprint density at radius 1 is 0.884 bits per heavy atom. The monoisotopic (exact) mass is 572 g/mol. The molecule has 7 heteroatoms. The van der Waals surface area contributed by atoms with Crippen molar-refractivity contribution in [1.29, 1.82) is 0 Å². The minimum atomic E-state index is -1.44. The van der Waals surface area contributed by atoms with Crippen LogP contribution in [0.2, 0.25) is 0 Å². The van der Waals surface area contributed by atoms with E-state index in [9.17, 15) is 18.8 Å². The van der Waals surface area contributed by atoms with Crippen molar-refractivity contribution < 1.29 is 23.5 Å². The van der Waals surface area contributed by atoms with Gasteiger partial charge in [-0.05, 0) is 79.6 Å². The number of carbonyl (C=O) groups is 3. The lowest BCUT2D eigenvalue weighted by Gasteiger charge is -2.39. The van der Waals surface area contributed by atoms with Crippen LogP contribution in [0.3, 0.4) is 0 Å². The fraction of sp³-hybridized carbons (Fsp3) is 0.194. The second kappa shape index (κ2) is 9.76. The van der Waals surface area contributed by atoms with Crippen LogP contribution in [0.15, 0.2) is 97.1 Å². The van der Waals surface area contributed by atoms with E-state index < -0.39 is 35.0 Å². The fourth-order valence-electron chi connectivity index (χ4n) is 7.29. The lowest BCUT2D eigenvalue weighted by Crippen LogP contribution is -2.51. The predicted octanol–water partition coefficient (Wildman–Crippen LogP) is 6.39. The van der Waals surface area contributed by atoms with E-state index in [1.54, 1.807) is 24.3 Å². The van der Waals surface area contributed by atoms with Crippen molar-refractivity contribution in [3.8, 4) is 5.75 Å². The van der Waals surface area contributed by atoms with Crippen LogP contribution >= 0.6 is 0 Å². The van der Waals surface area contributed by atoms with Gasteiger partial charge in [0.25, 0.3) is 0 Å². The number of allylic oxidation sites excluding steroid dienone is 1. The number of amides is 1. The maximum absolute atomic E-state index is 14.8. The van der Waals surface area contributed by atoms with Gasteiger partial charge < -0.3 is 15.0 Å². The summed E-state index contributed by atoms with van der Waals surface area (Å²) in [4.78, 5) is 46.1. The Hall–Kier alpha value is -5.04. The SMILES string of the molecule is COc1cccc(C(=O)[C@@H]2[C@H](C(=O)c3ccc(F)cc3)[C@@]3(C(=O)Nc4ccccc43)[C@@H]3C=C(C)c4cc(C)ccc4N23)c1. The highest BCUT2D eigenvalue weighted by Gasteiger charge is 2.70. The van der Waals surface area contributed by atoms with Gasteiger partial charge in [-0.1, -0.05) is 48.0 Å². The smallest absolute Gasteiger partial charge is 0.238 e. The molecule has 1 amide bonds. The average molecular weight is 573 g/mol. The summed E-state index contributed by atoms with van der Waals surface area (Å²) in [5.41, 5.74) is 4.16. The number of hydrogen-bond donors (Lipinski definition) is 1. The van der Waals surface area contributed by atoms with Crippen LogP contribution < -0.4 is 15.0 Å². The van der Waals surface area contributed by atoms with E-state index in [4.69, 9.17) is 4.74 Å². The molecule has 4 atom stereocenters. The molecule has 0 radical (unpaired) electrons. The number of carbonyl (C=O) groups excluding carboxylic acids is 3. The summed E-state index contributed by atoms with van der Waals surface area (Å²) in [6, 6.07) is 23.8. The lowest BCUT2D eigenvalue weighted by atomic mass is 9.64. The van der Waals surface area contributed by atoms with Crippen molar-refractivity contribution in [2.24, 2.45) is 5.92 Å². The quantitative estimate of drug-likeness (QED) is 0.281. The second-order valence-corrected chi connectivity index (χ2v) is 11.5. The van der Waals surface area contributed by atoms with Crippen LogP contribution in [0.1, 0.15) is 44.3 Å². The molecule has 0 bridgehead atoms. The molecule has 43 heavy (non-hydrogen) atoms. The molecule has 214 valence electrons. The van der Waals surface area contributed by atoms with Gasteiger partial charge in [-0.2, -0.15) is 0 Å². The van der Waals surface area contributed by atoms with Crippen LogP contribution in [0.4, 0.5) is 15.8 Å². The zero-order valence-electron chi connectivity index (χ0n) is 23.9. The molecule has 0 aliphatic carbocycles. The van der Waals surface area contributed by atoms with Gasteiger partial charge in [-0.25, -0.2) is 4.39 Å². The minimum absolute atomic E-state index is 0.232. The van der Waals surface area contributed by atoms with Gasteiger partial charge in [0.05, 0.1) is 19.1 Å². The fourth-order valence-corrected chi connectivity index (χ4v) is 7.29. The van der Waals surface area contributed by atoms with Gasteiger partial charge in [0.1, 0.15) is 23.0 Å². The molecule has 0 aromatic heterocycles. The second-order valence-electron chi connectivity index (χ2n) is 11.5. The molecule has 3 heterocycles. The first-order chi connectivity index (χ1) is 20.7. The normalized spacial score (nSPS) is 23.3. The zero-order chi connectivity index (χ0) is 30.0. The number of rotatable bonds is 5. The minimum Gasteiger partial charge on any atom is -0.497 e. The number of ketones is 2. The lowest BCUT2D eigenvalue weighted by molar-refractivity contribution is -0.121. The molecule has 3 aliphatic rings. The van der Waals surface area contributed by atoms with Crippen molar-refractivity contribution in [3.05, 3.63) is 131 Å². The first-order valence-electron chi connectivity index (χ1n) is 14.2. The highest BCUT2D eigenvalue weighted by atomic mass is 19.1. The van der Waals surface area contributed by atoms with Crippen LogP contribution in [0.5, 0.6) is 5.75 Å². The number of methoxy groups -OCH3 is 1. The van der Waals surface area contributed by atoms with E-state index in [-0.39, 0.29) is 17.3 Å². The number of nitrogens with one attached hydrogen (secondary N) is 1. The van der Waals surface area contributed by atoms with Crippen LogP contribution in [-0.4, -0.2) is 36.7 Å². The number of hydrogen-bond acceptors (Lipinski definition) is 5. The molecule has 1 fully saturated rings. The van der Waals surface area contributed by atoms with Gasteiger partial charge >= 0.3 is 0 Å². The van der Waals surface area contributed by atoms with Gasteiger partial charge in [0.15, 0.2) is 11.6 Å². The molecule has 3 aliphatic heterocycles. The Balaban J connectivity index is 1.55. The van der Waals surface area contributed by atoms with Crippen molar-refractivity contribution in [3.63, 3.8) is 0 Å². The Bertz CT molecular complexity index is 1860. The number of para-hydroxylation sites is 1. The molecule has 7 rings (SSSR count). The van der Waals surface area contributed by atoms with Gasteiger partial charge in [-0.3, -0.25) is 14.4 Å². The highest BCUT2D eigenvalue weighted by molar-refractivity contribution is 6.18. The summed E-state index contributed by atoms with van der Waals surface area (Å²) in [6.45, 7) is 4.00. The van der Waals surface area contributed by atoms with Crippen LogP contribution in [0.25, 0.3) is 5.57 Å². The number of anilines is 2. The molecule has 1 N–H and O–H groups in total. The molecule has 0 unspecified atom stereocenters. The molecule has 6 nitrogen and oxygen atoms in total. The molecule has 0 saturated carbocycles. The summed E-state index contributed by atoms with van der Waals surface area (Å²) in [6.07, 6.45) is 2.02. The average Bonchev–Trinajstić information content (AvgIpc) is 3.49. The molecular formula is C36H29FN2O4. The van der Waals surface area contributed by atoms with E-state index in [0.29, 0.717) is 22.6 Å². The molecule has 1 saturated heterocycles. The number of halogens is 1. The largest absolute Gasteiger partial charge is 0.497 e. The van der Waals surface area contributed by atoms with E-state index in [1.165, 1.54) is 31.4 Å². The van der Waals surface area contributed by atoms with Gasteiger partial charge in [0, 0.05) is 28.1 Å². The van der Waals surface area contributed by atoms with E-state index in [0.717, 1.165) is 22.4 Å². The van der Waals surface area contributed by atoms with E-state index in [1.807, 2.05) is 61.2 Å². The number of Topliss-reactive ketones (excluding diaryl/α,β-unsaturated/α-hetero) is 2. The Kier molecular flexibility index (Phi) is 6.09. The third kappa shape index (κ3) is 3.80. The van der Waals surface area contributed by atoms with E-state index >= 15 is 0 Å². The summed E-state index contributed by atoms with van der Waals surface area (Å²) in [7, 11) is 1.53. The molecule has 1 spiro atoms. The third-order valence-corrected chi connectivity index (χ3v) is 9.17. The van der Waals surface area contributed by atoms with Crippen molar-refractivity contribution in [1.82, 2.24) is 0 Å². The molecule has 4 aromatic carbocycles. The zero-order valence-corrected chi connectivity index (χ0v) is 23.9. The third-order valence-electron chi connectivity index (χ3n) is 9.17. The molecular weight excluding hydrogens is 543 g/mol. The maximum Gasteiger partial charge on any atom is 0.238 e. The summed E-state index contributed by atoms with van der Waals surface area (Å²) in [5, 5.41) is 3.04. The van der Waals surface area contributed by atoms with Crippen molar-refractivity contribution in [2.75, 3.05) is 17.3 Å². The Morgan fingerprint density at radius 3 is 2.42 bits per heavy atom. The maximum atomic E-state index is 14.8. The Morgan fingerprint density at radius 2 is 1.65 bits per heavy atom. The predicted molar refractivity (Wildman–Crippen MR) is 163 cm³/mol. The Labute approximate surface area is 248 Å². The van der Waals surface area contributed by atoms with Gasteiger partial charge in [-0.15, -0.1) is 0 Å². The van der Waals surface area contributed by atoms with Gasteiger partial charge in [0.2, 0.25) is 5.91 Å². The number of nitrogens with zero attached hydrogens (tertiary/aromatic N) is 1. The number of ether oxygens (including phenoxy) is 1. The molecule has 4 aromatic rings. The van der Waals surface area contributed by atoms with Crippen molar-refractivity contribution >= 4 is 34.4 Å². The van der Waals surface area contributed by atoms with Crippen LogP contribution in [-0.2, 0) is 10.2 Å². The first-order valence-corrected chi connectivity index (χ1v) is 14.2. The summed E-state index contributed by atoms with van der Waals surface area (Å²) < 4.78 is 19.4.